The highest BCUT2D eigenvalue weighted by molar-refractivity contribution is 6.14. The number of rotatable bonds is 6. The third kappa shape index (κ3) is 4.50. The quantitative estimate of drug-likeness (QED) is 0.320. The van der Waals surface area contributed by atoms with E-state index in [4.69, 9.17) is 12.6 Å². The van der Waals surface area contributed by atoms with Crippen molar-refractivity contribution < 1.29 is 33.7 Å². The van der Waals surface area contributed by atoms with Crippen LogP contribution in [-0.2, 0) is 33.0 Å². The van der Waals surface area contributed by atoms with Crippen LogP contribution < -0.4 is 10.6 Å². The molecule has 12 heteroatoms. The van der Waals surface area contributed by atoms with Gasteiger partial charge in [0.05, 0.1) is 25.4 Å². The lowest BCUT2D eigenvalue weighted by Gasteiger charge is -2.40. The molecule has 3 aliphatic rings. The molecule has 2 aromatic carbocycles. The van der Waals surface area contributed by atoms with Gasteiger partial charge in [-0.15, -0.1) is 0 Å². The largest absolute Gasteiger partial charge is 0.381 e. The number of hydrogen-bond acceptors (Lipinski definition) is 8. The van der Waals surface area contributed by atoms with Gasteiger partial charge in [-0.3, -0.25) is 29.5 Å². The second kappa shape index (κ2) is 9.53. The number of benzene rings is 2. The van der Waals surface area contributed by atoms with Gasteiger partial charge in [0, 0.05) is 54.9 Å². The summed E-state index contributed by atoms with van der Waals surface area (Å²) in [5.74, 6) is -2.49. The lowest BCUT2D eigenvalue weighted by atomic mass is 9.81. The molecule has 5 rings (SSSR count). The summed E-state index contributed by atoms with van der Waals surface area (Å²) in [4.78, 5) is 39.7. The molecule has 2 unspecified atom stereocenters. The summed E-state index contributed by atoms with van der Waals surface area (Å²) in [6.07, 6.45) is -0.301. The van der Waals surface area contributed by atoms with Crippen molar-refractivity contribution in [1.29, 1.82) is 0 Å². The molecule has 2 fully saturated rings. The molecule has 2 saturated heterocycles. The SMILES string of the molecule is [B]C(O)(c1ccc(F)c(CNc2cccc3c2CN(C2(O)CCC(=O)NC2=O)C3=O)c1)N1CCOCC1. The Labute approximate surface area is 213 Å². The molecule has 0 aliphatic carbocycles. The Morgan fingerprint density at radius 2 is 1.95 bits per heavy atom. The molecule has 2 aromatic rings. The molecular formula is C25H26BFN4O6. The molecule has 3 amide bonds. The van der Waals surface area contributed by atoms with Crippen molar-refractivity contribution in [1.82, 2.24) is 15.1 Å². The fourth-order valence-electron chi connectivity index (χ4n) is 4.96. The van der Waals surface area contributed by atoms with E-state index >= 15 is 0 Å². The van der Waals surface area contributed by atoms with E-state index < -0.39 is 34.9 Å². The minimum atomic E-state index is -2.15. The summed E-state index contributed by atoms with van der Waals surface area (Å²) in [6, 6.07) is 9.09. The number of anilines is 1. The van der Waals surface area contributed by atoms with Gasteiger partial charge in [0.1, 0.15) is 13.7 Å². The van der Waals surface area contributed by atoms with Gasteiger partial charge in [0.15, 0.2) is 0 Å². The normalized spacial score (nSPS) is 24.0. The zero-order valence-corrected chi connectivity index (χ0v) is 20.0. The zero-order valence-electron chi connectivity index (χ0n) is 20.0. The van der Waals surface area contributed by atoms with Crippen LogP contribution >= 0.6 is 0 Å². The summed E-state index contributed by atoms with van der Waals surface area (Å²) in [7, 11) is 6.21. The Balaban J connectivity index is 1.36. The first kappa shape index (κ1) is 25.3. The van der Waals surface area contributed by atoms with Crippen LogP contribution in [0.4, 0.5) is 10.1 Å². The van der Waals surface area contributed by atoms with Gasteiger partial charge >= 0.3 is 0 Å². The van der Waals surface area contributed by atoms with Crippen LogP contribution in [0.25, 0.3) is 0 Å². The standard InChI is InChI=1S/C25H26BFN4O6/c26-25(36,30-8-10-37-11-9-30)16-4-5-19(27)15(12-16)13-28-20-3-1-2-17-18(20)14-31(22(17)33)24(35)7-6-21(32)29-23(24)34/h1-5,12,28,35-36H,6-11,13-14H2,(H,29,32,34). The van der Waals surface area contributed by atoms with E-state index in [0.29, 0.717) is 48.7 Å². The predicted molar refractivity (Wildman–Crippen MR) is 129 cm³/mol. The van der Waals surface area contributed by atoms with Crippen LogP contribution in [0.15, 0.2) is 36.4 Å². The molecule has 0 saturated carbocycles. The van der Waals surface area contributed by atoms with Gasteiger partial charge in [-0.1, -0.05) is 12.1 Å². The molecule has 10 nitrogen and oxygen atoms in total. The molecule has 0 aromatic heterocycles. The second-order valence-electron chi connectivity index (χ2n) is 9.40. The maximum absolute atomic E-state index is 14.7. The summed E-state index contributed by atoms with van der Waals surface area (Å²) in [5, 5.41) is 27.1. The van der Waals surface area contributed by atoms with E-state index in [1.54, 1.807) is 23.1 Å². The second-order valence-corrected chi connectivity index (χ2v) is 9.40. The van der Waals surface area contributed by atoms with E-state index in [9.17, 15) is 29.0 Å². The molecule has 192 valence electrons. The van der Waals surface area contributed by atoms with E-state index in [2.05, 4.69) is 10.6 Å². The smallest absolute Gasteiger partial charge is 0.279 e. The first-order valence-corrected chi connectivity index (χ1v) is 12.0. The van der Waals surface area contributed by atoms with E-state index in [1.807, 2.05) is 0 Å². The average Bonchev–Trinajstić information content (AvgIpc) is 3.24. The van der Waals surface area contributed by atoms with Crippen molar-refractivity contribution in [3.63, 3.8) is 0 Å². The van der Waals surface area contributed by atoms with Crippen molar-refractivity contribution in [3.05, 3.63) is 64.5 Å². The monoisotopic (exact) mass is 508 g/mol. The maximum atomic E-state index is 14.7. The van der Waals surface area contributed by atoms with Crippen molar-refractivity contribution in [2.75, 3.05) is 31.6 Å². The molecule has 0 bridgehead atoms. The van der Waals surface area contributed by atoms with Crippen molar-refractivity contribution in [2.45, 2.75) is 37.3 Å². The number of fused-ring (bicyclic) bond motifs is 1. The van der Waals surface area contributed by atoms with E-state index in [-0.39, 0.29) is 31.5 Å². The number of nitrogens with zero attached hydrogens (tertiary/aromatic N) is 2. The topological polar surface area (TPSA) is 131 Å². The first-order valence-electron chi connectivity index (χ1n) is 12.0. The Bertz CT molecular complexity index is 1270. The highest BCUT2D eigenvalue weighted by Crippen LogP contribution is 2.36. The number of amides is 3. The Morgan fingerprint density at radius 3 is 2.68 bits per heavy atom. The summed E-state index contributed by atoms with van der Waals surface area (Å²) in [5.41, 5.74) is -2.03. The van der Waals surface area contributed by atoms with Gasteiger partial charge < -0.3 is 20.3 Å². The fraction of sp³-hybridized carbons (Fsp3) is 0.400. The molecular weight excluding hydrogens is 482 g/mol. The zero-order chi connectivity index (χ0) is 26.4. The molecule has 2 atom stereocenters. The minimum Gasteiger partial charge on any atom is -0.381 e. The number of carbonyl (C=O) groups is 3. The molecule has 4 N–H and O–H groups in total. The van der Waals surface area contributed by atoms with Crippen LogP contribution in [0.5, 0.6) is 0 Å². The number of hydrogen-bond donors (Lipinski definition) is 4. The third-order valence-corrected chi connectivity index (χ3v) is 7.16. The van der Waals surface area contributed by atoms with Gasteiger partial charge in [-0.05, 0) is 29.8 Å². The Morgan fingerprint density at radius 1 is 1.19 bits per heavy atom. The highest BCUT2D eigenvalue weighted by Gasteiger charge is 2.51. The van der Waals surface area contributed by atoms with Crippen LogP contribution in [0.3, 0.4) is 0 Å². The van der Waals surface area contributed by atoms with Crippen molar-refractivity contribution >= 4 is 31.3 Å². The summed E-state index contributed by atoms with van der Waals surface area (Å²) < 4.78 is 20.0. The van der Waals surface area contributed by atoms with Gasteiger partial charge in [-0.25, -0.2) is 4.39 Å². The number of ether oxygens (including phenoxy) is 1. The van der Waals surface area contributed by atoms with E-state index in [1.165, 1.54) is 18.2 Å². The van der Waals surface area contributed by atoms with Gasteiger partial charge in [-0.2, -0.15) is 0 Å². The number of piperidine rings is 1. The Kier molecular flexibility index (Phi) is 6.53. The summed E-state index contributed by atoms with van der Waals surface area (Å²) >= 11 is 0. The molecule has 0 spiro atoms. The number of carbonyl (C=O) groups excluding carboxylic acids is 3. The van der Waals surface area contributed by atoms with Gasteiger partial charge in [0.2, 0.25) is 11.6 Å². The third-order valence-electron chi connectivity index (χ3n) is 7.16. The Hall–Kier alpha value is -3.32. The number of nitrogens with one attached hydrogen (secondary N) is 2. The predicted octanol–water partition coefficient (Wildman–Crippen LogP) is 0.122. The number of morpholine rings is 1. The lowest BCUT2D eigenvalue weighted by Crippen LogP contribution is -2.63. The molecule has 2 radical (unpaired) electrons. The van der Waals surface area contributed by atoms with Crippen molar-refractivity contribution in [2.24, 2.45) is 0 Å². The van der Waals surface area contributed by atoms with Crippen LogP contribution in [0.1, 0.15) is 39.9 Å². The minimum absolute atomic E-state index is 0.0166. The average molecular weight is 508 g/mol. The van der Waals surface area contributed by atoms with Crippen LogP contribution in [0.2, 0.25) is 0 Å². The highest BCUT2D eigenvalue weighted by atomic mass is 19.1. The lowest BCUT2D eigenvalue weighted by molar-refractivity contribution is -0.167. The van der Waals surface area contributed by atoms with Crippen molar-refractivity contribution in [3.8, 4) is 0 Å². The number of aliphatic hydroxyl groups is 2. The van der Waals surface area contributed by atoms with Crippen LogP contribution in [0, 0.1) is 5.82 Å². The number of halogens is 1. The molecule has 37 heavy (non-hydrogen) atoms. The molecule has 3 aliphatic heterocycles. The summed E-state index contributed by atoms with van der Waals surface area (Å²) in [6.45, 7) is 1.66. The fourth-order valence-corrected chi connectivity index (χ4v) is 4.96. The first-order chi connectivity index (χ1) is 17.6. The molecule has 3 heterocycles. The van der Waals surface area contributed by atoms with Gasteiger partial charge in [0.25, 0.3) is 11.8 Å². The van der Waals surface area contributed by atoms with E-state index in [0.717, 1.165) is 4.90 Å². The van der Waals surface area contributed by atoms with Crippen LogP contribution in [-0.4, -0.2) is 77.6 Å². The maximum Gasteiger partial charge on any atom is 0.279 e. The number of imide groups is 1.